The molecule has 0 aromatic carbocycles. The fourth-order valence-electron chi connectivity index (χ4n) is 5.07. The zero-order valence-electron chi connectivity index (χ0n) is 20.1. The van der Waals surface area contributed by atoms with E-state index < -0.39 is 17.3 Å². The number of aryl methyl sites for hydroxylation is 1. The van der Waals surface area contributed by atoms with Crippen molar-refractivity contribution in [2.24, 2.45) is 11.8 Å². The number of hydrogen-bond acceptors (Lipinski definition) is 5. The summed E-state index contributed by atoms with van der Waals surface area (Å²) in [6, 6.07) is 0.382. The Labute approximate surface area is 198 Å². The molecule has 2 aromatic rings. The average Bonchev–Trinajstić information content (AvgIpc) is 3.71. The van der Waals surface area contributed by atoms with Gasteiger partial charge in [-0.3, -0.25) is 19.0 Å². The third-order valence-corrected chi connectivity index (χ3v) is 7.05. The maximum absolute atomic E-state index is 13.4. The molecule has 9 heteroatoms. The summed E-state index contributed by atoms with van der Waals surface area (Å²) in [5, 5.41) is 18.1. The topological polar surface area (TPSA) is 109 Å². The van der Waals surface area contributed by atoms with Crippen molar-refractivity contribution in [3.8, 4) is 5.88 Å². The van der Waals surface area contributed by atoms with Crippen LogP contribution in [-0.4, -0.2) is 54.6 Å². The van der Waals surface area contributed by atoms with Crippen LogP contribution in [0.3, 0.4) is 0 Å². The van der Waals surface area contributed by atoms with Crippen molar-refractivity contribution < 1.29 is 14.7 Å². The molecule has 0 radical (unpaired) electrons. The molecule has 3 fully saturated rings. The molecule has 2 saturated carbocycles. The van der Waals surface area contributed by atoms with Gasteiger partial charge in [0.2, 0.25) is 11.8 Å². The van der Waals surface area contributed by atoms with Crippen molar-refractivity contribution in [1.29, 1.82) is 0 Å². The van der Waals surface area contributed by atoms with Crippen LogP contribution in [-0.2, 0) is 11.3 Å². The normalized spacial score (nSPS) is 20.7. The lowest BCUT2D eigenvalue weighted by atomic mass is 10.1. The summed E-state index contributed by atoms with van der Waals surface area (Å²) in [4.78, 5) is 41.2. The first-order chi connectivity index (χ1) is 16.3. The SMILES string of the molecule is Cc1nn2c(O)c(C(=O)NC3CC3)c(=O)n(CC(C)C)c2c1C=CC(=O)N1CCCC1C1CC1. The van der Waals surface area contributed by atoms with E-state index in [1.165, 1.54) is 21.9 Å². The summed E-state index contributed by atoms with van der Waals surface area (Å²) >= 11 is 0. The number of nitrogens with zero attached hydrogens (tertiary/aromatic N) is 4. The lowest BCUT2D eigenvalue weighted by Crippen LogP contribution is -2.36. The highest BCUT2D eigenvalue weighted by atomic mass is 16.3. The van der Waals surface area contributed by atoms with Crippen molar-refractivity contribution in [2.75, 3.05) is 6.54 Å². The van der Waals surface area contributed by atoms with E-state index in [0.29, 0.717) is 35.4 Å². The fraction of sp³-hybridized carbons (Fsp3) is 0.600. The predicted molar refractivity (Wildman–Crippen MR) is 128 cm³/mol. The number of aromatic nitrogens is 3. The van der Waals surface area contributed by atoms with E-state index in [2.05, 4.69) is 10.4 Å². The molecule has 2 amide bonds. The Kier molecular flexibility index (Phi) is 5.73. The zero-order chi connectivity index (χ0) is 24.1. The second-order valence-electron chi connectivity index (χ2n) is 10.4. The van der Waals surface area contributed by atoms with Gasteiger partial charge < -0.3 is 15.3 Å². The summed E-state index contributed by atoms with van der Waals surface area (Å²) < 4.78 is 2.76. The monoisotopic (exact) mass is 467 g/mol. The fourth-order valence-corrected chi connectivity index (χ4v) is 5.07. The number of carbonyl (C=O) groups excluding carboxylic acids is 2. The van der Waals surface area contributed by atoms with Gasteiger partial charge in [-0.2, -0.15) is 9.61 Å². The van der Waals surface area contributed by atoms with Crippen molar-refractivity contribution in [3.63, 3.8) is 0 Å². The van der Waals surface area contributed by atoms with Crippen LogP contribution in [0, 0.1) is 18.8 Å². The van der Waals surface area contributed by atoms with E-state index in [1.54, 1.807) is 19.1 Å². The highest BCUT2D eigenvalue weighted by Crippen LogP contribution is 2.40. The number of hydrogen-bond donors (Lipinski definition) is 2. The van der Waals surface area contributed by atoms with Crippen LogP contribution in [0.25, 0.3) is 11.7 Å². The summed E-state index contributed by atoms with van der Waals surface area (Å²) in [5.74, 6) is -0.337. The van der Waals surface area contributed by atoms with Crippen molar-refractivity contribution in [2.45, 2.75) is 77.9 Å². The lowest BCUT2D eigenvalue weighted by molar-refractivity contribution is -0.127. The van der Waals surface area contributed by atoms with E-state index in [9.17, 15) is 19.5 Å². The molecular weight excluding hydrogens is 434 g/mol. The van der Waals surface area contributed by atoms with Crippen molar-refractivity contribution in [1.82, 2.24) is 24.4 Å². The third kappa shape index (κ3) is 4.12. The van der Waals surface area contributed by atoms with Crippen LogP contribution in [0.2, 0.25) is 0 Å². The minimum Gasteiger partial charge on any atom is -0.492 e. The average molecular weight is 468 g/mol. The second kappa shape index (κ2) is 8.60. The summed E-state index contributed by atoms with van der Waals surface area (Å²) in [7, 11) is 0. The third-order valence-electron chi connectivity index (χ3n) is 7.05. The quantitative estimate of drug-likeness (QED) is 0.608. The number of nitrogens with one attached hydrogen (secondary N) is 1. The number of aromatic hydroxyl groups is 1. The van der Waals surface area contributed by atoms with Gasteiger partial charge in [-0.1, -0.05) is 13.8 Å². The summed E-state index contributed by atoms with van der Waals surface area (Å²) in [5.41, 5.74) is 0.708. The van der Waals surface area contributed by atoms with E-state index in [-0.39, 0.29) is 23.4 Å². The molecule has 3 aliphatic rings. The van der Waals surface area contributed by atoms with Gasteiger partial charge in [0.25, 0.3) is 11.5 Å². The molecule has 3 heterocycles. The van der Waals surface area contributed by atoms with Crippen molar-refractivity contribution in [3.05, 3.63) is 33.3 Å². The molecule has 34 heavy (non-hydrogen) atoms. The second-order valence-corrected chi connectivity index (χ2v) is 10.4. The maximum Gasteiger partial charge on any atom is 0.270 e. The van der Waals surface area contributed by atoms with Gasteiger partial charge in [0.05, 0.1) is 5.69 Å². The molecule has 1 saturated heterocycles. The van der Waals surface area contributed by atoms with Crippen LogP contribution >= 0.6 is 0 Å². The van der Waals surface area contributed by atoms with Crippen LogP contribution in [0.4, 0.5) is 0 Å². The minimum atomic E-state index is -0.579. The Hall–Kier alpha value is -3.10. The molecule has 2 aliphatic carbocycles. The smallest absolute Gasteiger partial charge is 0.270 e. The molecule has 0 bridgehead atoms. The Morgan fingerprint density at radius 3 is 2.59 bits per heavy atom. The number of fused-ring (bicyclic) bond motifs is 1. The van der Waals surface area contributed by atoms with Gasteiger partial charge in [0.15, 0.2) is 5.56 Å². The maximum atomic E-state index is 13.4. The zero-order valence-corrected chi connectivity index (χ0v) is 20.1. The van der Waals surface area contributed by atoms with E-state index in [1.807, 2.05) is 18.7 Å². The lowest BCUT2D eigenvalue weighted by Gasteiger charge is -2.23. The summed E-state index contributed by atoms with van der Waals surface area (Å²) in [6.45, 7) is 6.85. The Bertz CT molecular complexity index is 1230. The number of carbonyl (C=O) groups is 2. The van der Waals surface area contributed by atoms with Gasteiger partial charge in [0, 0.05) is 36.8 Å². The van der Waals surface area contributed by atoms with Gasteiger partial charge in [-0.05, 0) is 63.4 Å². The Morgan fingerprint density at radius 1 is 1.21 bits per heavy atom. The first-order valence-electron chi connectivity index (χ1n) is 12.4. The molecule has 1 aliphatic heterocycles. The molecule has 5 rings (SSSR count). The van der Waals surface area contributed by atoms with E-state index >= 15 is 0 Å². The molecule has 1 atom stereocenters. The van der Waals surface area contributed by atoms with Crippen molar-refractivity contribution >= 4 is 23.5 Å². The molecule has 0 spiro atoms. The van der Waals surface area contributed by atoms with Gasteiger partial charge in [0.1, 0.15) is 5.65 Å². The molecule has 2 aromatic heterocycles. The van der Waals surface area contributed by atoms with Crippen LogP contribution in [0.1, 0.15) is 74.0 Å². The Balaban J connectivity index is 1.56. The van der Waals surface area contributed by atoms with Crippen LogP contribution < -0.4 is 10.9 Å². The molecule has 1 unspecified atom stereocenters. The van der Waals surface area contributed by atoms with Gasteiger partial charge >= 0.3 is 0 Å². The van der Waals surface area contributed by atoms with Gasteiger partial charge in [-0.15, -0.1) is 0 Å². The predicted octanol–water partition coefficient (Wildman–Crippen LogP) is 2.47. The standard InChI is InChI=1S/C25H33N5O4/c1-14(2)13-29-23-18(10-11-20(31)28-12-4-5-19(28)16-6-7-16)15(3)27-30(23)25(34)21(24(29)33)22(32)26-17-8-9-17/h10-11,14,16-17,19,34H,4-9,12-13H2,1-3H3,(H,26,32). The largest absolute Gasteiger partial charge is 0.492 e. The first-order valence-corrected chi connectivity index (χ1v) is 12.4. The van der Waals surface area contributed by atoms with E-state index in [0.717, 1.165) is 32.2 Å². The molecular formula is C25H33N5O4. The number of likely N-dealkylation sites (tertiary alicyclic amines) is 1. The molecule has 9 nitrogen and oxygen atoms in total. The van der Waals surface area contributed by atoms with Crippen LogP contribution in [0.5, 0.6) is 5.88 Å². The highest BCUT2D eigenvalue weighted by molar-refractivity contribution is 5.97. The minimum absolute atomic E-state index is 0.0319. The van der Waals surface area contributed by atoms with Crippen LogP contribution in [0.15, 0.2) is 10.9 Å². The van der Waals surface area contributed by atoms with Gasteiger partial charge in [-0.25, -0.2) is 0 Å². The molecule has 182 valence electrons. The number of rotatable bonds is 7. The summed E-state index contributed by atoms with van der Waals surface area (Å²) in [6.07, 6.45) is 9.49. The Morgan fingerprint density at radius 2 is 1.94 bits per heavy atom. The van der Waals surface area contributed by atoms with E-state index in [4.69, 9.17) is 0 Å². The first kappa shape index (κ1) is 22.7. The highest BCUT2D eigenvalue weighted by Gasteiger charge is 2.39. The number of amides is 2. The molecule has 2 N–H and O–H groups in total.